The van der Waals surface area contributed by atoms with Crippen LogP contribution in [0, 0.1) is 11.8 Å². The van der Waals surface area contributed by atoms with E-state index in [2.05, 4.69) is 10.5 Å². The number of rotatable bonds is 2. The van der Waals surface area contributed by atoms with E-state index in [0.717, 1.165) is 30.4 Å². The molecule has 2 aliphatic rings. The highest BCUT2D eigenvalue weighted by molar-refractivity contribution is 5.86. The molecule has 2 rings (SSSR count). The normalized spacial score (nSPS) is 30.8. The molecule has 96 valence electrons. The molecule has 0 aromatic carbocycles. The van der Waals surface area contributed by atoms with Gasteiger partial charge < -0.3 is 4.74 Å². The molecule has 0 radical (unpaired) electrons. The number of hydrogen-bond acceptors (Lipinski definition) is 3. The Morgan fingerprint density at radius 2 is 2.12 bits per heavy atom. The van der Waals surface area contributed by atoms with E-state index in [-0.39, 0.29) is 0 Å². The summed E-state index contributed by atoms with van der Waals surface area (Å²) in [5.41, 5.74) is 3.62. The van der Waals surface area contributed by atoms with E-state index in [9.17, 15) is 4.79 Å². The van der Waals surface area contributed by atoms with E-state index in [1.54, 1.807) is 6.92 Å². The molecule has 1 amide bonds. The molecule has 0 saturated heterocycles. The second-order valence-electron chi connectivity index (χ2n) is 5.06. The number of fused-ring (bicyclic) bond motifs is 1. The Hall–Kier alpha value is -1.06. The predicted molar refractivity (Wildman–Crippen MR) is 66.9 cm³/mol. The summed E-state index contributed by atoms with van der Waals surface area (Å²) in [5.74, 6) is 1.71. The van der Waals surface area contributed by atoms with Gasteiger partial charge in [0, 0.05) is 5.71 Å². The van der Waals surface area contributed by atoms with Crippen molar-refractivity contribution in [1.82, 2.24) is 5.43 Å². The van der Waals surface area contributed by atoms with Crippen molar-refractivity contribution in [2.75, 3.05) is 6.61 Å². The van der Waals surface area contributed by atoms with Crippen LogP contribution in [0.3, 0.4) is 0 Å². The molecule has 2 fully saturated rings. The standard InChI is InChI=1S/C13H22N2O2/c1-2-17-13(16)15-14-12-8-7-10-5-3-4-6-11(10)9-12/h10-11H,2-9H2,1H3,(H,15,16)/b14-12-/t10-,11-/m1/s1. The molecule has 2 atom stereocenters. The summed E-state index contributed by atoms with van der Waals surface area (Å²) in [5, 5.41) is 4.18. The molecular formula is C13H22N2O2. The molecule has 0 spiro atoms. The Bertz CT molecular complexity index is 302. The number of amides is 1. The summed E-state index contributed by atoms with van der Waals surface area (Å²) in [6, 6.07) is 0. The Morgan fingerprint density at radius 3 is 2.88 bits per heavy atom. The zero-order valence-electron chi connectivity index (χ0n) is 10.6. The van der Waals surface area contributed by atoms with Gasteiger partial charge in [-0.15, -0.1) is 0 Å². The lowest BCUT2D eigenvalue weighted by Crippen LogP contribution is -2.29. The van der Waals surface area contributed by atoms with Gasteiger partial charge in [-0.2, -0.15) is 5.10 Å². The first-order valence-corrected chi connectivity index (χ1v) is 6.77. The highest BCUT2D eigenvalue weighted by Gasteiger charge is 2.30. The van der Waals surface area contributed by atoms with E-state index >= 15 is 0 Å². The monoisotopic (exact) mass is 238 g/mol. The maximum atomic E-state index is 11.1. The van der Waals surface area contributed by atoms with Gasteiger partial charge in [-0.1, -0.05) is 19.3 Å². The van der Waals surface area contributed by atoms with Crippen LogP contribution in [0.25, 0.3) is 0 Å². The minimum absolute atomic E-state index is 0.390. The number of carbonyl (C=O) groups is 1. The van der Waals surface area contributed by atoms with Crippen LogP contribution < -0.4 is 5.43 Å². The Morgan fingerprint density at radius 1 is 1.35 bits per heavy atom. The topological polar surface area (TPSA) is 50.7 Å². The molecule has 0 aromatic rings. The Labute approximate surface area is 103 Å². The van der Waals surface area contributed by atoms with Crippen molar-refractivity contribution in [3.8, 4) is 0 Å². The summed E-state index contributed by atoms with van der Waals surface area (Å²) >= 11 is 0. The van der Waals surface area contributed by atoms with Crippen LogP contribution in [0.15, 0.2) is 5.10 Å². The molecule has 2 saturated carbocycles. The molecule has 2 aliphatic carbocycles. The summed E-state index contributed by atoms with van der Waals surface area (Å²) in [7, 11) is 0. The number of hydrazone groups is 1. The van der Waals surface area contributed by atoms with Crippen LogP contribution in [0.4, 0.5) is 4.79 Å². The summed E-state index contributed by atoms with van der Waals surface area (Å²) in [6.45, 7) is 2.18. The van der Waals surface area contributed by atoms with Crippen LogP contribution in [0.1, 0.15) is 51.9 Å². The average molecular weight is 238 g/mol. The van der Waals surface area contributed by atoms with Gasteiger partial charge in [-0.3, -0.25) is 0 Å². The van der Waals surface area contributed by atoms with Gasteiger partial charge in [-0.05, 0) is 44.4 Å². The van der Waals surface area contributed by atoms with Crippen LogP contribution >= 0.6 is 0 Å². The third kappa shape index (κ3) is 3.45. The smallest absolute Gasteiger partial charge is 0.427 e. The highest BCUT2D eigenvalue weighted by Crippen LogP contribution is 2.39. The quantitative estimate of drug-likeness (QED) is 0.752. The van der Waals surface area contributed by atoms with E-state index in [0.29, 0.717) is 6.61 Å². The minimum Gasteiger partial charge on any atom is -0.449 e. The number of nitrogens with one attached hydrogen (secondary N) is 1. The van der Waals surface area contributed by atoms with Crippen LogP contribution in [0.5, 0.6) is 0 Å². The predicted octanol–water partition coefficient (Wildman–Crippen LogP) is 3.08. The van der Waals surface area contributed by atoms with Gasteiger partial charge in [0.15, 0.2) is 0 Å². The molecule has 0 unspecified atom stereocenters. The van der Waals surface area contributed by atoms with Crippen molar-refractivity contribution in [3.05, 3.63) is 0 Å². The highest BCUT2D eigenvalue weighted by atomic mass is 16.5. The fourth-order valence-corrected chi connectivity index (χ4v) is 3.08. The second-order valence-corrected chi connectivity index (χ2v) is 5.06. The van der Waals surface area contributed by atoms with Crippen LogP contribution in [-0.4, -0.2) is 18.4 Å². The first-order valence-electron chi connectivity index (χ1n) is 6.77. The lowest BCUT2D eigenvalue weighted by atomic mass is 9.70. The van der Waals surface area contributed by atoms with Crippen molar-refractivity contribution in [3.63, 3.8) is 0 Å². The largest absolute Gasteiger partial charge is 0.449 e. The third-order valence-corrected chi connectivity index (χ3v) is 3.95. The van der Waals surface area contributed by atoms with E-state index in [1.807, 2.05) is 0 Å². The van der Waals surface area contributed by atoms with Crippen molar-refractivity contribution in [2.24, 2.45) is 16.9 Å². The van der Waals surface area contributed by atoms with E-state index in [4.69, 9.17) is 4.74 Å². The molecular weight excluding hydrogens is 216 g/mol. The Kier molecular flexibility index (Phi) is 4.40. The fourth-order valence-electron chi connectivity index (χ4n) is 3.08. The number of nitrogens with zero attached hydrogens (tertiary/aromatic N) is 1. The SMILES string of the molecule is CCOC(=O)N/N=C1/CC[C@H]2CCCC[C@@H]2C1. The van der Waals surface area contributed by atoms with Crippen molar-refractivity contribution < 1.29 is 9.53 Å². The van der Waals surface area contributed by atoms with Gasteiger partial charge in [0.25, 0.3) is 0 Å². The molecule has 0 aliphatic heterocycles. The number of ether oxygens (including phenoxy) is 1. The van der Waals surface area contributed by atoms with Crippen molar-refractivity contribution in [1.29, 1.82) is 0 Å². The van der Waals surface area contributed by atoms with Gasteiger partial charge >= 0.3 is 6.09 Å². The molecule has 0 heterocycles. The molecule has 4 nitrogen and oxygen atoms in total. The van der Waals surface area contributed by atoms with Crippen molar-refractivity contribution in [2.45, 2.75) is 51.9 Å². The Balaban J connectivity index is 1.82. The fraction of sp³-hybridized carbons (Fsp3) is 0.846. The van der Waals surface area contributed by atoms with Gasteiger partial charge in [-0.25, -0.2) is 10.2 Å². The lowest BCUT2D eigenvalue weighted by Gasteiger charge is -2.35. The number of hydrogen-bond donors (Lipinski definition) is 1. The average Bonchev–Trinajstić information content (AvgIpc) is 2.36. The summed E-state index contributed by atoms with van der Waals surface area (Å²) in [6.07, 6.45) is 8.39. The van der Waals surface area contributed by atoms with Gasteiger partial charge in [0.2, 0.25) is 0 Å². The maximum Gasteiger partial charge on any atom is 0.427 e. The van der Waals surface area contributed by atoms with Gasteiger partial charge in [0.05, 0.1) is 6.61 Å². The summed E-state index contributed by atoms with van der Waals surface area (Å²) in [4.78, 5) is 11.1. The molecule has 0 aromatic heterocycles. The number of carbonyl (C=O) groups excluding carboxylic acids is 1. The van der Waals surface area contributed by atoms with Crippen LogP contribution in [-0.2, 0) is 4.74 Å². The summed E-state index contributed by atoms with van der Waals surface area (Å²) < 4.78 is 4.78. The molecule has 17 heavy (non-hydrogen) atoms. The van der Waals surface area contributed by atoms with E-state index in [1.165, 1.54) is 32.1 Å². The zero-order chi connectivity index (χ0) is 12.1. The molecule has 0 bridgehead atoms. The van der Waals surface area contributed by atoms with Crippen LogP contribution in [0.2, 0.25) is 0 Å². The maximum absolute atomic E-state index is 11.1. The third-order valence-electron chi connectivity index (χ3n) is 3.95. The minimum atomic E-state index is -0.439. The molecule has 4 heteroatoms. The van der Waals surface area contributed by atoms with E-state index < -0.39 is 6.09 Å². The second kappa shape index (κ2) is 6.03. The van der Waals surface area contributed by atoms with Crippen molar-refractivity contribution >= 4 is 11.8 Å². The first kappa shape index (κ1) is 12.4. The lowest BCUT2D eigenvalue weighted by molar-refractivity contribution is 0.152. The van der Waals surface area contributed by atoms with Gasteiger partial charge in [0.1, 0.15) is 0 Å². The molecule has 1 N–H and O–H groups in total. The first-order chi connectivity index (χ1) is 8.29. The zero-order valence-corrected chi connectivity index (χ0v) is 10.6.